The fourth-order valence-corrected chi connectivity index (χ4v) is 4.54. The Balaban J connectivity index is 1.65. The third-order valence-corrected chi connectivity index (χ3v) is 6.65. The van der Waals surface area contributed by atoms with Gasteiger partial charge in [0.15, 0.2) is 17.3 Å². The summed E-state index contributed by atoms with van der Waals surface area (Å²) in [6.07, 6.45) is 1.12. The van der Waals surface area contributed by atoms with Gasteiger partial charge in [-0.2, -0.15) is 0 Å². The zero-order valence-electron chi connectivity index (χ0n) is 20.9. The minimum atomic E-state index is -1.63. The molecule has 1 heterocycles. The van der Waals surface area contributed by atoms with Gasteiger partial charge in [-0.15, -0.1) is 0 Å². The van der Waals surface area contributed by atoms with E-state index in [1.807, 2.05) is 0 Å². The molecule has 1 aliphatic carbocycles. The van der Waals surface area contributed by atoms with E-state index in [-0.39, 0.29) is 46.0 Å². The SMILES string of the molecule is COc1ccc(NC(=O)CN/C(C)=C2\C(=O)C=C3Oc4c(C(C)=O)c(O)c(C)c(O)c4[C@@]3(C)C2=O)cc1. The third-order valence-electron chi connectivity index (χ3n) is 6.65. The Hall–Kier alpha value is -4.60. The van der Waals surface area contributed by atoms with Crippen LogP contribution in [0.2, 0.25) is 0 Å². The second-order valence-electron chi connectivity index (χ2n) is 9.02. The molecule has 0 bridgehead atoms. The quantitative estimate of drug-likeness (QED) is 0.263. The Morgan fingerprint density at radius 2 is 1.73 bits per heavy atom. The molecule has 2 aliphatic rings. The molecule has 192 valence electrons. The lowest BCUT2D eigenvalue weighted by Crippen LogP contribution is -2.41. The number of methoxy groups -OCH3 is 1. The highest BCUT2D eigenvalue weighted by Crippen LogP contribution is 2.57. The summed E-state index contributed by atoms with van der Waals surface area (Å²) in [6.45, 7) is 5.37. The molecule has 0 radical (unpaired) electrons. The predicted octanol–water partition coefficient (Wildman–Crippen LogP) is 2.81. The highest BCUT2D eigenvalue weighted by atomic mass is 16.5. The van der Waals surface area contributed by atoms with Crippen molar-refractivity contribution in [3.63, 3.8) is 0 Å². The summed E-state index contributed by atoms with van der Waals surface area (Å²) in [7, 11) is 1.53. The number of ether oxygens (including phenoxy) is 2. The first-order chi connectivity index (χ1) is 17.4. The molecule has 1 amide bonds. The maximum Gasteiger partial charge on any atom is 0.243 e. The fraction of sp³-hybridized carbons (Fsp3) is 0.259. The lowest BCUT2D eigenvalue weighted by atomic mass is 9.70. The number of aromatic hydroxyl groups is 2. The number of allylic oxidation sites excluding steroid dienone is 4. The van der Waals surface area contributed by atoms with Crippen LogP contribution >= 0.6 is 0 Å². The van der Waals surface area contributed by atoms with E-state index in [1.54, 1.807) is 24.3 Å². The third kappa shape index (κ3) is 4.00. The smallest absolute Gasteiger partial charge is 0.243 e. The van der Waals surface area contributed by atoms with Crippen molar-refractivity contribution in [2.45, 2.75) is 33.1 Å². The highest BCUT2D eigenvalue weighted by molar-refractivity contribution is 6.31. The van der Waals surface area contributed by atoms with Crippen LogP contribution in [-0.2, 0) is 19.8 Å². The van der Waals surface area contributed by atoms with Crippen LogP contribution in [-0.4, -0.2) is 47.1 Å². The number of amides is 1. The average Bonchev–Trinajstić information content (AvgIpc) is 3.14. The van der Waals surface area contributed by atoms with Gasteiger partial charge in [0.1, 0.15) is 39.7 Å². The number of carbonyl (C=O) groups is 4. The van der Waals surface area contributed by atoms with E-state index in [1.165, 1.54) is 34.8 Å². The van der Waals surface area contributed by atoms with E-state index in [0.717, 1.165) is 6.08 Å². The molecule has 0 saturated heterocycles. The van der Waals surface area contributed by atoms with Crippen molar-refractivity contribution in [3.8, 4) is 23.0 Å². The minimum Gasteiger partial charge on any atom is -0.507 e. The number of phenolic OH excluding ortho intramolecular Hbond substituents is 2. The molecule has 37 heavy (non-hydrogen) atoms. The standard InChI is InChI=1S/C27H26N2O8/c1-12-23(33)21(14(3)30)25-22(24(12)34)27(4)18(37-25)10-17(31)20(26(27)35)13(2)28-11-19(32)29-15-6-8-16(36-5)9-7-15/h6-10,28,33-34H,11H2,1-5H3,(H,29,32)/b20-13+/t27-/m0/s1. The van der Waals surface area contributed by atoms with E-state index < -0.39 is 40.2 Å². The number of hydrogen-bond acceptors (Lipinski definition) is 9. The number of rotatable bonds is 6. The van der Waals surface area contributed by atoms with E-state index in [9.17, 15) is 29.4 Å². The first kappa shape index (κ1) is 25.5. The summed E-state index contributed by atoms with van der Waals surface area (Å²) < 4.78 is 10.8. The number of anilines is 1. The first-order valence-corrected chi connectivity index (χ1v) is 11.4. The second-order valence-corrected chi connectivity index (χ2v) is 9.02. The average molecular weight is 507 g/mol. The van der Waals surface area contributed by atoms with Crippen molar-refractivity contribution in [3.05, 3.63) is 64.1 Å². The van der Waals surface area contributed by atoms with Crippen molar-refractivity contribution < 1.29 is 38.9 Å². The number of nitrogens with one attached hydrogen (secondary N) is 2. The van der Waals surface area contributed by atoms with Crippen molar-refractivity contribution in [2.75, 3.05) is 19.0 Å². The lowest BCUT2D eigenvalue weighted by Gasteiger charge is -2.29. The Bertz CT molecular complexity index is 1440. The molecule has 1 atom stereocenters. The molecule has 2 aromatic rings. The van der Waals surface area contributed by atoms with Crippen LogP contribution in [0.15, 0.2) is 47.4 Å². The number of phenols is 2. The van der Waals surface area contributed by atoms with Crippen LogP contribution in [0.3, 0.4) is 0 Å². The summed E-state index contributed by atoms with van der Waals surface area (Å²) in [5, 5.41) is 26.8. The number of hydrogen-bond donors (Lipinski definition) is 4. The van der Waals surface area contributed by atoms with Gasteiger partial charge < -0.3 is 30.3 Å². The minimum absolute atomic E-state index is 0.000649. The molecule has 2 aromatic carbocycles. The van der Waals surface area contributed by atoms with Crippen molar-refractivity contribution in [2.24, 2.45) is 0 Å². The van der Waals surface area contributed by atoms with Crippen LogP contribution in [0.4, 0.5) is 5.69 Å². The molecule has 0 aromatic heterocycles. The number of benzene rings is 2. The summed E-state index contributed by atoms with van der Waals surface area (Å²) in [5.74, 6) is -2.72. The molecule has 1 aliphatic heterocycles. The molecule has 10 nitrogen and oxygen atoms in total. The monoisotopic (exact) mass is 506 g/mol. The normalized spacial score (nSPS) is 19.3. The van der Waals surface area contributed by atoms with E-state index in [0.29, 0.717) is 11.4 Å². The van der Waals surface area contributed by atoms with Crippen LogP contribution in [0.5, 0.6) is 23.0 Å². The molecule has 0 spiro atoms. The summed E-state index contributed by atoms with van der Waals surface area (Å²) in [6, 6.07) is 6.72. The lowest BCUT2D eigenvalue weighted by molar-refractivity contribution is -0.124. The first-order valence-electron chi connectivity index (χ1n) is 11.4. The molecule has 0 unspecified atom stereocenters. The van der Waals surface area contributed by atoms with Crippen LogP contribution in [0.25, 0.3) is 0 Å². The Morgan fingerprint density at radius 1 is 1.08 bits per heavy atom. The Morgan fingerprint density at radius 3 is 2.32 bits per heavy atom. The molecule has 4 N–H and O–H groups in total. The van der Waals surface area contributed by atoms with Gasteiger partial charge in [0, 0.05) is 23.0 Å². The summed E-state index contributed by atoms with van der Waals surface area (Å²) in [5.41, 5.74) is -1.31. The molecular weight excluding hydrogens is 480 g/mol. The summed E-state index contributed by atoms with van der Waals surface area (Å²) in [4.78, 5) is 51.4. The van der Waals surface area contributed by atoms with E-state index in [4.69, 9.17) is 9.47 Å². The topological polar surface area (TPSA) is 151 Å². The van der Waals surface area contributed by atoms with Crippen LogP contribution < -0.4 is 20.1 Å². The number of fused-ring (bicyclic) bond motifs is 3. The highest BCUT2D eigenvalue weighted by Gasteiger charge is 2.56. The number of Topliss-reactive ketones (excluding diaryl/α,β-unsaturated/α-hetero) is 2. The van der Waals surface area contributed by atoms with Crippen molar-refractivity contribution >= 4 is 28.9 Å². The summed E-state index contributed by atoms with van der Waals surface area (Å²) >= 11 is 0. The van der Waals surface area contributed by atoms with Crippen molar-refractivity contribution in [1.29, 1.82) is 0 Å². The fourth-order valence-electron chi connectivity index (χ4n) is 4.54. The van der Waals surface area contributed by atoms with Gasteiger partial charge in [0.2, 0.25) is 5.91 Å². The van der Waals surface area contributed by atoms with Gasteiger partial charge in [-0.25, -0.2) is 0 Å². The second kappa shape index (κ2) is 9.12. The molecule has 0 saturated carbocycles. The van der Waals surface area contributed by atoms with Gasteiger partial charge in [0.05, 0.1) is 24.8 Å². The van der Waals surface area contributed by atoms with Crippen molar-refractivity contribution in [1.82, 2.24) is 5.32 Å². The largest absolute Gasteiger partial charge is 0.507 e. The maximum atomic E-state index is 13.8. The number of carbonyl (C=O) groups excluding carboxylic acids is 4. The Kier molecular flexibility index (Phi) is 6.29. The maximum absolute atomic E-state index is 13.8. The van der Waals surface area contributed by atoms with Crippen LogP contribution in [0.1, 0.15) is 42.3 Å². The predicted molar refractivity (Wildman–Crippen MR) is 133 cm³/mol. The molecule has 4 rings (SSSR count). The van der Waals surface area contributed by atoms with Gasteiger partial charge in [0.25, 0.3) is 0 Å². The molecule has 0 fully saturated rings. The van der Waals surface area contributed by atoms with Gasteiger partial charge >= 0.3 is 0 Å². The molecule has 10 heteroatoms. The zero-order chi connectivity index (χ0) is 27.2. The number of ketones is 3. The van der Waals surface area contributed by atoms with Gasteiger partial charge in [-0.05, 0) is 52.0 Å². The van der Waals surface area contributed by atoms with E-state index in [2.05, 4.69) is 10.6 Å². The van der Waals surface area contributed by atoms with Gasteiger partial charge in [-0.3, -0.25) is 19.2 Å². The van der Waals surface area contributed by atoms with Gasteiger partial charge in [-0.1, -0.05) is 0 Å². The zero-order valence-corrected chi connectivity index (χ0v) is 20.9. The Labute approximate surface area is 212 Å². The molecular formula is C27H26N2O8. The van der Waals surface area contributed by atoms with Crippen LogP contribution in [0, 0.1) is 6.92 Å². The van der Waals surface area contributed by atoms with E-state index >= 15 is 0 Å².